The summed E-state index contributed by atoms with van der Waals surface area (Å²) in [7, 11) is 1.67. The van der Waals surface area contributed by atoms with Crippen LogP contribution in [0.4, 0.5) is 14.5 Å². The molecular formula is C16H14BrClF2N2O. The first-order chi connectivity index (χ1) is 10.8. The van der Waals surface area contributed by atoms with Crippen LogP contribution in [0.1, 0.15) is 5.56 Å². The number of hydrogen-bond acceptors (Lipinski definition) is 2. The van der Waals surface area contributed by atoms with Gasteiger partial charge in [0.2, 0.25) is 5.91 Å². The molecule has 0 aliphatic rings. The van der Waals surface area contributed by atoms with Crippen LogP contribution in [-0.4, -0.2) is 24.4 Å². The van der Waals surface area contributed by atoms with E-state index in [1.54, 1.807) is 30.1 Å². The number of carbonyl (C=O) groups excluding carboxylic acids is 1. The third-order valence-electron chi connectivity index (χ3n) is 3.07. The van der Waals surface area contributed by atoms with Gasteiger partial charge in [0, 0.05) is 22.6 Å². The first-order valence-corrected chi connectivity index (χ1v) is 7.89. The van der Waals surface area contributed by atoms with Gasteiger partial charge in [-0.1, -0.05) is 33.6 Å². The van der Waals surface area contributed by atoms with E-state index in [2.05, 4.69) is 21.2 Å². The lowest BCUT2D eigenvalue weighted by molar-refractivity contribution is -0.117. The van der Waals surface area contributed by atoms with E-state index in [-0.39, 0.29) is 19.0 Å². The van der Waals surface area contributed by atoms with Gasteiger partial charge in [0.15, 0.2) is 0 Å². The highest BCUT2D eigenvalue weighted by atomic mass is 79.9. The van der Waals surface area contributed by atoms with E-state index in [0.29, 0.717) is 16.3 Å². The average Bonchev–Trinajstić information content (AvgIpc) is 2.45. The van der Waals surface area contributed by atoms with Gasteiger partial charge >= 0.3 is 0 Å². The molecular weight excluding hydrogens is 390 g/mol. The number of likely N-dealkylation sites (N-methyl/N-ethyl adjacent to an activating group) is 1. The van der Waals surface area contributed by atoms with E-state index in [0.717, 1.165) is 10.5 Å². The molecule has 0 bridgehead atoms. The Labute approximate surface area is 146 Å². The highest BCUT2D eigenvalue weighted by Gasteiger charge is 2.12. The van der Waals surface area contributed by atoms with Gasteiger partial charge in [-0.05, 0) is 31.3 Å². The molecule has 1 N–H and O–H groups in total. The van der Waals surface area contributed by atoms with Crippen molar-refractivity contribution in [2.45, 2.75) is 6.54 Å². The number of carbonyl (C=O) groups is 1. The molecule has 2 aromatic rings. The van der Waals surface area contributed by atoms with E-state index >= 15 is 0 Å². The summed E-state index contributed by atoms with van der Waals surface area (Å²) in [4.78, 5) is 13.6. The second-order valence-corrected chi connectivity index (χ2v) is 6.40. The summed E-state index contributed by atoms with van der Waals surface area (Å²) in [5, 5.41) is 3.11. The van der Waals surface area contributed by atoms with Gasteiger partial charge < -0.3 is 5.32 Å². The van der Waals surface area contributed by atoms with Crippen molar-refractivity contribution >= 4 is 39.1 Å². The van der Waals surface area contributed by atoms with Crippen molar-refractivity contribution in [1.82, 2.24) is 4.90 Å². The van der Waals surface area contributed by atoms with Crippen molar-refractivity contribution in [2.24, 2.45) is 0 Å². The SMILES string of the molecule is CN(CC(=O)Nc1ccc(Br)cc1Cl)Cc1ccc(F)cc1F. The Hall–Kier alpha value is -1.50. The van der Waals surface area contributed by atoms with Crippen molar-refractivity contribution in [3.05, 3.63) is 63.1 Å². The molecule has 0 radical (unpaired) electrons. The van der Waals surface area contributed by atoms with Crippen LogP contribution in [-0.2, 0) is 11.3 Å². The van der Waals surface area contributed by atoms with Crippen LogP contribution in [0.25, 0.3) is 0 Å². The Morgan fingerprint density at radius 2 is 2.00 bits per heavy atom. The number of rotatable bonds is 5. The monoisotopic (exact) mass is 402 g/mol. The number of halogens is 4. The molecule has 7 heteroatoms. The van der Waals surface area contributed by atoms with Gasteiger partial charge in [0.1, 0.15) is 11.6 Å². The lowest BCUT2D eigenvalue weighted by Crippen LogP contribution is -2.30. The van der Waals surface area contributed by atoms with Gasteiger partial charge in [-0.25, -0.2) is 8.78 Å². The maximum atomic E-state index is 13.6. The van der Waals surface area contributed by atoms with Crippen LogP contribution in [0, 0.1) is 11.6 Å². The molecule has 3 nitrogen and oxygen atoms in total. The highest BCUT2D eigenvalue weighted by Crippen LogP contribution is 2.25. The number of anilines is 1. The quantitative estimate of drug-likeness (QED) is 0.800. The van der Waals surface area contributed by atoms with E-state index in [9.17, 15) is 13.6 Å². The second kappa shape index (κ2) is 7.86. The molecule has 2 aromatic carbocycles. The fraction of sp³-hybridized carbons (Fsp3) is 0.188. The summed E-state index contributed by atoms with van der Waals surface area (Å²) in [6, 6.07) is 8.50. The fourth-order valence-electron chi connectivity index (χ4n) is 2.02. The van der Waals surface area contributed by atoms with Crippen LogP contribution in [0.2, 0.25) is 5.02 Å². The zero-order valence-corrected chi connectivity index (χ0v) is 14.6. The zero-order valence-electron chi connectivity index (χ0n) is 12.2. The first kappa shape index (κ1) is 17.8. The molecule has 122 valence electrons. The lowest BCUT2D eigenvalue weighted by atomic mass is 10.2. The molecule has 0 heterocycles. The molecule has 0 unspecified atom stereocenters. The average molecular weight is 404 g/mol. The molecule has 0 saturated carbocycles. The minimum absolute atomic E-state index is 0.0449. The van der Waals surface area contributed by atoms with Crippen molar-refractivity contribution in [2.75, 3.05) is 18.9 Å². The first-order valence-electron chi connectivity index (χ1n) is 6.72. The fourth-order valence-corrected chi connectivity index (χ4v) is 2.74. The smallest absolute Gasteiger partial charge is 0.238 e. The Morgan fingerprint density at radius 3 is 2.65 bits per heavy atom. The van der Waals surface area contributed by atoms with Crippen molar-refractivity contribution in [3.8, 4) is 0 Å². The summed E-state index contributed by atoms with van der Waals surface area (Å²) in [6.45, 7) is 0.233. The Morgan fingerprint density at radius 1 is 1.26 bits per heavy atom. The molecule has 23 heavy (non-hydrogen) atoms. The Balaban J connectivity index is 1.94. The molecule has 0 fully saturated rings. The van der Waals surface area contributed by atoms with Crippen molar-refractivity contribution in [1.29, 1.82) is 0 Å². The van der Waals surface area contributed by atoms with Gasteiger partial charge in [-0.3, -0.25) is 9.69 Å². The Bertz CT molecular complexity index is 727. The van der Waals surface area contributed by atoms with Gasteiger partial charge in [-0.2, -0.15) is 0 Å². The predicted octanol–water partition coefficient (Wildman–Crippen LogP) is 4.45. The van der Waals surface area contributed by atoms with Crippen LogP contribution < -0.4 is 5.32 Å². The van der Waals surface area contributed by atoms with E-state index < -0.39 is 11.6 Å². The van der Waals surface area contributed by atoms with Gasteiger partial charge in [0.05, 0.1) is 17.3 Å². The van der Waals surface area contributed by atoms with E-state index in [4.69, 9.17) is 11.6 Å². The summed E-state index contributed by atoms with van der Waals surface area (Å²) in [5.74, 6) is -1.54. The standard InChI is InChI=1S/C16H14BrClF2N2O/c1-22(8-10-2-4-12(19)7-14(10)20)9-16(23)21-15-5-3-11(17)6-13(15)18/h2-7H,8-9H2,1H3,(H,21,23). The lowest BCUT2D eigenvalue weighted by Gasteiger charge is -2.17. The van der Waals surface area contributed by atoms with Crippen LogP contribution in [0.15, 0.2) is 40.9 Å². The molecule has 0 aliphatic carbocycles. The molecule has 1 amide bonds. The number of benzene rings is 2. The minimum Gasteiger partial charge on any atom is -0.324 e. The molecule has 0 atom stereocenters. The highest BCUT2D eigenvalue weighted by molar-refractivity contribution is 9.10. The summed E-state index contributed by atoms with van der Waals surface area (Å²) in [5.41, 5.74) is 0.824. The van der Waals surface area contributed by atoms with Crippen molar-refractivity contribution < 1.29 is 13.6 Å². The summed E-state index contributed by atoms with van der Waals surface area (Å²) >= 11 is 9.32. The summed E-state index contributed by atoms with van der Waals surface area (Å²) < 4.78 is 27.3. The summed E-state index contributed by atoms with van der Waals surface area (Å²) in [6.07, 6.45) is 0. The molecule has 0 aliphatic heterocycles. The van der Waals surface area contributed by atoms with Crippen LogP contribution in [0.5, 0.6) is 0 Å². The van der Waals surface area contributed by atoms with Crippen LogP contribution in [0.3, 0.4) is 0 Å². The molecule has 0 spiro atoms. The maximum absolute atomic E-state index is 13.6. The van der Waals surface area contributed by atoms with Crippen molar-refractivity contribution in [3.63, 3.8) is 0 Å². The Kier molecular flexibility index (Phi) is 6.10. The topological polar surface area (TPSA) is 32.3 Å². The second-order valence-electron chi connectivity index (χ2n) is 5.08. The van der Waals surface area contributed by atoms with Gasteiger partial charge in [-0.15, -0.1) is 0 Å². The predicted molar refractivity (Wildman–Crippen MR) is 90.5 cm³/mol. The third-order valence-corrected chi connectivity index (χ3v) is 3.88. The van der Waals surface area contributed by atoms with Crippen LogP contribution >= 0.6 is 27.5 Å². The van der Waals surface area contributed by atoms with E-state index in [1.807, 2.05) is 0 Å². The molecule has 0 saturated heterocycles. The minimum atomic E-state index is -0.631. The maximum Gasteiger partial charge on any atom is 0.238 e. The van der Waals surface area contributed by atoms with Gasteiger partial charge in [0.25, 0.3) is 0 Å². The largest absolute Gasteiger partial charge is 0.324 e. The van der Waals surface area contributed by atoms with E-state index in [1.165, 1.54) is 12.1 Å². The molecule has 0 aromatic heterocycles. The zero-order chi connectivity index (χ0) is 17.0. The number of amides is 1. The number of hydrogen-bond donors (Lipinski definition) is 1. The third kappa shape index (κ3) is 5.27. The number of nitrogens with one attached hydrogen (secondary N) is 1. The number of nitrogens with zero attached hydrogens (tertiary/aromatic N) is 1. The normalized spacial score (nSPS) is 10.9. The molecule has 2 rings (SSSR count).